The highest BCUT2D eigenvalue weighted by Crippen LogP contribution is 2.32. The third kappa shape index (κ3) is 5.78. The molecule has 0 bridgehead atoms. The molecule has 10 heteroatoms. The third-order valence-corrected chi connectivity index (χ3v) is 6.71. The summed E-state index contributed by atoms with van der Waals surface area (Å²) in [6.07, 6.45) is 0. The van der Waals surface area contributed by atoms with Crippen molar-refractivity contribution in [3.63, 3.8) is 0 Å². The van der Waals surface area contributed by atoms with E-state index in [1.807, 2.05) is 4.90 Å². The van der Waals surface area contributed by atoms with E-state index in [0.29, 0.717) is 44.0 Å². The van der Waals surface area contributed by atoms with E-state index >= 15 is 0 Å². The minimum Gasteiger partial charge on any atom is -0.363 e. The van der Waals surface area contributed by atoms with Crippen molar-refractivity contribution in [3.8, 4) is 0 Å². The lowest BCUT2D eigenvalue weighted by Crippen LogP contribution is -2.46. The van der Waals surface area contributed by atoms with Crippen LogP contribution in [0.5, 0.6) is 0 Å². The van der Waals surface area contributed by atoms with Gasteiger partial charge in [0.25, 0.3) is 5.69 Å². The molecule has 3 rings (SSSR count). The predicted octanol–water partition coefficient (Wildman–Crippen LogP) is 3.13. The summed E-state index contributed by atoms with van der Waals surface area (Å²) in [7, 11) is -3.89. The van der Waals surface area contributed by atoms with Crippen LogP contribution in [-0.4, -0.2) is 50.0 Å². The molecule has 0 saturated carbocycles. The van der Waals surface area contributed by atoms with Gasteiger partial charge in [0.1, 0.15) is 11.5 Å². The number of halogens is 1. The van der Waals surface area contributed by atoms with Gasteiger partial charge in [0.2, 0.25) is 10.0 Å². The number of hydrogen-bond acceptors (Lipinski definition) is 6. The number of benzene rings is 2. The maximum atomic E-state index is 13.9. The van der Waals surface area contributed by atoms with E-state index in [1.165, 1.54) is 18.2 Å². The third-order valence-electron chi connectivity index (χ3n) is 4.96. The first-order valence-electron chi connectivity index (χ1n) is 9.99. The fraction of sp³-hybridized carbons (Fsp3) is 0.429. The summed E-state index contributed by atoms with van der Waals surface area (Å²) < 4.78 is 41.5. The number of nitro groups is 1. The molecule has 0 atom stereocenters. The van der Waals surface area contributed by atoms with Crippen LogP contribution in [0.4, 0.5) is 15.8 Å². The molecule has 1 aliphatic rings. The minimum atomic E-state index is -3.89. The molecule has 0 aliphatic carbocycles. The standard InChI is InChI=1S/C21H27FN4O4S/c1-21(2,3)23-31(29,30)17-8-9-19(20(14-17)26(27)28)25-12-10-24(11-13-25)15-16-6-4-5-7-18(16)22/h4-9,14,23H,10-13,15H2,1-3H3. The second kappa shape index (κ2) is 8.89. The van der Waals surface area contributed by atoms with Gasteiger partial charge in [-0.05, 0) is 39.0 Å². The van der Waals surface area contributed by atoms with Crippen LogP contribution in [0, 0.1) is 15.9 Å². The van der Waals surface area contributed by atoms with Gasteiger partial charge in [0, 0.05) is 49.9 Å². The molecule has 0 spiro atoms. The predicted molar refractivity (Wildman–Crippen MR) is 117 cm³/mol. The van der Waals surface area contributed by atoms with Crippen LogP contribution < -0.4 is 9.62 Å². The Morgan fingerprint density at radius 1 is 1.10 bits per heavy atom. The Morgan fingerprint density at radius 2 is 1.74 bits per heavy atom. The molecule has 8 nitrogen and oxygen atoms in total. The molecule has 1 saturated heterocycles. The molecule has 2 aromatic rings. The number of nitro benzene ring substituents is 1. The first-order chi connectivity index (χ1) is 14.5. The summed E-state index contributed by atoms with van der Waals surface area (Å²) in [6, 6.07) is 10.6. The topological polar surface area (TPSA) is 95.8 Å². The molecular weight excluding hydrogens is 423 g/mol. The summed E-state index contributed by atoms with van der Waals surface area (Å²) in [4.78, 5) is 14.9. The second-order valence-corrected chi connectivity index (χ2v) is 10.3. The largest absolute Gasteiger partial charge is 0.363 e. The Labute approximate surface area is 181 Å². The molecule has 2 aromatic carbocycles. The average Bonchev–Trinajstić information content (AvgIpc) is 2.68. The molecular formula is C21H27FN4O4S. The molecule has 1 N–H and O–H groups in total. The Kier molecular flexibility index (Phi) is 6.63. The van der Waals surface area contributed by atoms with E-state index in [1.54, 1.807) is 39.0 Å². The highest BCUT2D eigenvalue weighted by Gasteiger charge is 2.28. The normalized spacial score (nSPS) is 15.8. The fourth-order valence-corrected chi connectivity index (χ4v) is 5.00. The van der Waals surface area contributed by atoms with Gasteiger partial charge < -0.3 is 4.90 Å². The van der Waals surface area contributed by atoms with Crippen LogP contribution in [0.25, 0.3) is 0 Å². The van der Waals surface area contributed by atoms with Gasteiger partial charge in [-0.25, -0.2) is 17.5 Å². The van der Waals surface area contributed by atoms with Crippen LogP contribution in [-0.2, 0) is 16.6 Å². The highest BCUT2D eigenvalue weighted by atomic mass is 32.2. The molecule has 0 unspecified atom stereocenters. The minimum absolute atomic E-state index is 0.143. The van der Waals surface area contributed by atoms with Crippen LogP contribution in [0.2, 0.25) is 0 Å². The van der Waals surface area contributed by atoms with Crippen molar-refractivity contribution < 1.29 is 17.7 Å². The molecule has 1 aliphatic heterocycles. The highest BCUT2D eigenvalue weighted by molar-refractivity contribution is 7.89. The number of piperazine rings is 1. The van der Waals surface area contributed by atoms with Crippen molar-refractivity contribution in [2.45, 2.75) is 37.8 Å². The number of hydrogen-bond donors (Lipinski definition) is 1. The second-order valence-electron chi connectivity index (χ2n) is 8.62. The Balaban J connectivity index is 1.76. The molecule has 31 heavy (non-hydrogen) atoms. The molecule has 1 fully saturated rings. The van der Waals surface area contributed by atoms with Crippen molar-refractivity contribution in [1.29, 1.82) is 0 Å². The molecule has 0 radical (unpaired) electrons. The SMILES string of the molecule is CC(C)(C)NS(=O)(=O)c1ccc(N2CCN(Cc3ccccc3F)CC2)c([N+](=O)[O-])c1. The van der Waals surface area contributed by atoms with Gasteiger partial charge in [-0.1, -0.05) is 18.2 Å². The zero-order chi connectivity index (χ0) is 22.8. The van der Waals surface area contributed by atoms with Gasteiger partial charge in [0.05, 0.1) is 9.82 Å². The summed E-state index contributed by atoms with van der Waals surface area (Å²) in [5, 5.41) is 11.7. The monoisotopic (exact) mass is 450 g/mol. The molecule has 0 aromatic heterocycles. The summed E-state index contributed by atoms with van der Waals surface area (Å²) >= 11 is 0. The molecule has 0 amide bonds. The lowest BCUT2D eigenvalue weighted by molar-refractivity contribution is -0.384. The van der Waals surface area contributed by atoms with Gasteiger partial charge in [-0.2, -0.15) is 0 Å². The molecule has 168 valence electrons. The van der Waals surface area contributed by atoms with Crippen molar-refractivity contribution in [1.82, 2.24) is 9.62 Å². The van der Waals surface area contributed by atoms with E-state index in [2.05, 4.69) is 9.62 Å². The van der Waals surface area contributed by atoms with E-state index < -0.39 is 20.5 Å². The fourth-order valence-electron chi connectivity index (χ4n) is 3.56. The zero-order valence-corrected chi connectivity index (χ0v) is 18.7. The maximum absolute atomic E-state index is 13.9. The zero-order valence-electron chi connectivity index (χ0n) is 17.8. The average molecular weight is 451 g/mol. The van der Waals surface area contributed by atoms with Crippen molar-refractivity contribution in [3.05, 3.63) is 64.0 Å². The summed E-state index contributed by atoms with van der Waals surface area (Å²) in [5.41, 5.74) is 0.0355. The van der Waals surface area contributed by atoms with Crippen LogP contribution in [0.1, 0.15) is 26.3 Å². The Hall–Kier alpha value is -2.56. The van der Waals surface area contributed by atoms with Gasteiger partial charge >= 0.3 is 0 Å². The van der Waals surface area contributed by atoms with Crippen LogP contribution >= 0.6 is 0 Å². The first-order valence-corrected chi connectivity index (χ1v) is 11.5. The van der Waals surface area contributed by atoms with E-state index in [9.17, 15) is 22.9 Å². The lowest BCUT2D eigenvalue weighted by atomic mass is 10.1. The van der Waals surface area contributed by atoms with Gasteiger partial charge in [-0.3, -0.25) is 15.0 Å². The smallest absolute Gasteiger partial charge is 0.293 e. The van der Waals surface area contributed by atoms with Crippen LogP contribution in [0.3, 0.4) is 0 Å². The van der Waals surface area contributed by atoms with Crippen molar-refractivity contribution in [2.24, 2.45) is 0 Å². The lowest BCUT2D eigenvalue weighted by Gasteiger charge is -2.36. The van der Waals surface area contributed by atoms with Gasteiger partial charge in [0.15, 0.2) is 0 Å². The van der Waals surface area contributed by atoms with Crippen molar-refractivity contribution in [2.75, 3.05) is 31.1 Å². The summed E-state index contributed by atoms with van der Waals surface area (Å²) in [6.45, 7) is 7.83. The number of sulfonamides is 1. The maximum Gasteiger partial charge on any atom is 0.293 e. The number of anilines is 1. The van der Waals surface area contributed by atoms with Gasteiger partial charge in [-0.15, -0.1) is 0 Å². The number of nitrogens with zero attached hydrogens (tertiary/aromatic N) is 3. The summed E-state index contributed by atoms with van der Waals surface area (Å²) in [5.74, 6) is -0.249. The molecule has 1 heterocycles. The van der Waals surface area contributed by atoms with E-state index in [4.69, 9.17) is 0 Å². The first kappa shape index (κ1) is 23.1. The van der Waals surface area contributed by atoms with Crippen molar-refractivity contribution >= 4 is 21.4 Å². The van der Waals surface area contributed by atoms with E-state index in [-0.39, 0.29) is 16.4 Å². The number of nitrogens with one attached hydrogen (secondary N) is 1. The quantitative estimate of drug-likeness (QED) is 0.537. The Morgan fingerprint density at radius 3 is 2.32 bits per heavy atom. The number of rotatable bonds is 6. The van der Waals surface area contributed by atoms with E-state index in [0.717, 1.165) is 6.07 Å². The Bertz CT molecular complexity index is 1060. The van der Waals surface area contributed by atoms with Crippen LogP contribution in [0.15, 0.2) is 47.4 Å².